The van der Waals surface area contributed by atoms with E-state index in [2.05, 4.69) is 0 Å². The van der Waals surface area contributed by atoms with Crippen LogP contribution in [0.1, 0.15) is 5.56 Å². The predicted octanol–water partition coefficient (Wildman–Crippen LogP) is 0.594. The number of carbonyl (C=O) groups excluding carboxylic acids is 2. The largest absolute Gasteiger partial charge is 0.492 e. The lowest BCUT2D eigenvalue weighted by molar-refractivity contribution is -0.125. The van der Waals surface area contributed by atoms with Crippen molar-refractivity contribution in [2.24, 2.45) is 5.73 Å². The van der Waals surface area contributed by atoms with E-state index in [4.69, 9.17) is 22.7 Å². The number of rotatable bonds is 5. The lowest BCUT2D eigenvalue weighted by atomic mass is 10.2. The fraction of sp³-hybridized carbons (Fsp3) is 0.308. The number of hydrogen-bond donors (Lipinski definition) is 1. The van der Waals surface area contributed by atoms with Crippen LogP contribution in [0.25, 0.3) is 0 Å². The number of likely N-dealkylation sites (N-methyl/N-ethyl adjacent to an activating group) is 1. The smallest absolute Gasteiger partial charge is 0.327 e. The molecule has 0 radical (unpaired) electrons. The highest BCUT2D eigenvalue weighted by molar-refractivity contribution is 7.80. The van der Waals surface area contributed by atoms with Gasteiger partial charge in [0, 0.05) is 12.6 Å². The highest BCUT2D eigenvalue weighted by Gasteiger charge is 2.32. The third-order valence-electron chi connectivity index (χ3n) is 2.95. The molecule has 1 aromatic carbocycles. The Kier molecular flexibility index (Phi) is 4.19. The minimum absolute atomic E-state index is 0.126. The van der Waals surface area contributed by atoms with Gasteiger partial charge in [-0.05, 0) is 24.3 Å². The molecule has 1 aromatic rings. The fourth-order valence-corrected chi connectivity index (χ4v) is 2.00. The fourth-order valence-electron chi connectivity index (χ4n) is 1.86. The quantitative estimate of drug-likeness (QED) is 0.635. The van der Waals surface area contributed by atoms with Gasteiger partial charge in [0.25, 0.3) is 0 Å². The Bertz CT molecular complexity index is 544. The molecule has 0 spiro atoms. The van der Waals surface area contributed by atoms with Crippen LogP contribution in [-0.4, -0.2) is 53.5 Å². The average Bonchev–Trinajstić information content (AvgIpc) is 2.65. The molecule has 2 N–H and O–H groups in total. The molecule has 106 valence electrons. The SMILES string of the molecule is CN1CC(=O)N(CCOc2ccc(C(N)=S)cc2)C1=O. The topological polar surface area (TPSA) is 75.9 Å². The van der Waals surface area contributed by atoms with Crippen LogP contribution >= 0.6 is 12.2 Å². The molecule has 6 nitrogen and oxygen atoms in total. The first-order valence-electron chi connectivity index (χ1n) is 6.07. The van der Waals surface area contributed by atoms with Gasteiger partial charge in [-0.15, -0.1) is 0 Å². The molecule has 0 bridgehead atoms. The zero-order valence-corrected chi connectivity index (χ0v) is 11.9. The molecule has 1 aliphatic heterocycles. The molecule has 3 amide bonds. The maximum Gasteiger partial charge on any atom is 0.327 e. The van der Waals surface area contributed by atoms with Crippen molar-refractivity contribution < 1.29 is 14.3 Å². The number of nitrogens with two attached hydrogens (primary N) is 1. The molecule has 0 unspecified atom stereocenters. The van der Waals surface area contributed by atoms with Crippen LogP contribution in [0.3, 0.4) is 0 Å². The number of ether oxygens (including phenoxy) is 1. The van der Waals surface area contributed by atoms with E-state index in [1.54, 1.807) is 31.3 Å². The van der Waals surface area contributed by atoms with Crippen molar-refractivity contribution in [2.75, 3.05) is 26.7 Å². The minimum atomic E-state index is -0.289. The Morgan fingerprint density at radius 1 is 1.35 bits per heavy atom. The summed E-state index contributed by atoms with van der Waals surface area (Å²) in [6.45, 7) is 0.609. The van der Waals surface area contributed by atoms with E-state index in [0.29, 0.717) is 10.7 Å². The van der Waals surface area contributed by atoms with E-state index < -0.39 is 0 Å². The third-order valence-corrected chi connectivity index (χ3v) is 3.19. The summed E-state index contributed by atoms with van der Waals surface area (Å²) in [6.07, 6.45) is 0. The van der Waals surface area contributed by atoms with Crippen LogP contribution in [0.5, 0.6) is 5.75 Å². The van der Waals surface area contributed by atoms with Crippen molar-refractivity contribution in [1.29, 1.82) is 0 Å². The average molecular weight is 293 g/mol. The number of nitrogens with zero attached hydrogens (tertiary/aromatic N) is 2. The number of urea groups is 1. The van der Waals surface area contributed by atoms with Crippen LogP contribution in [0.2, 0.25) is 0 Å². The van der Waals surface area contributed by atoms with Crippen molar-refractivity contribution in [3.8, 4) is 5.75 Å². The monoisotopic (exact) mass is 293 g/mol. The van der Waals surface area contributed by atoms with Crippen LogP contribution in [0.4, 0.5) is 4.79 Å². The Balaban J connectivity index is 1.85. The van der Waals surface area contributed by atoms with Gasteiger partial charge in [-0.2, -0.15) is 0 Å². The first-order valence-corrected chi connectivity index (χ1v) is 6.48. The van der Waals surface area contributed by atoms with Crippen molar-refractivity contribution in [3.63, 3.8) is 0 Å². The Hall–Kier alpha value is -2.15. The van der Waals surface area contributed by atoms with Crippen LogP contribution in [0, 0.1) is 0 Å². The third kappa shape index (κ3) is 3.05. The molecular formula is C13H15N3O3S. The van der Waals surface area contributed by atoms with Gasteiger partial charge in [0.2, 0.25) is 5.91 Å². The number of imide groups is 1. The van der Waals surface area contributed by atoms with Gasteiger partial charge in [-0.25, -0.2) is 4.79 Å². The Morgan fingerprint density at radius 2 is 2.00 bits per heavy atom. The van der Waals surface area contributed by atoms with Gasteiger partial charge in [0.1, 0.15) is 23.9 Å². The van der Waals surface area contributed by atoms with E-state index in [-0.39, 0.29) is 31.6 Å². The molecule has 0 atom stereocenters. The molecule has 2 rings (SSSR count). The summed E-state index contributed by atoms with van der Waals surface area (Å²) in [4.78, 5) is 26.0. The van der Waals surface area contributed by atoms with Crippen molar-refractivity contribution in [2.45, 2.75) is 0 Å². The van der Waals surface area contributed by atoms with E-state index in [0.717, 1.165) is 5.56 Å². The second-order valence-corrected chi connectivity index (χ2v) is 4.86. The number of hydrogen-bond acceptors (Lipinski definition) is 4. The van der Waals surface area contributed by atoms with E-state index in [1.165, 1.54) is 9.80 Å². The molecular weight excluding hydrogens is 278 g/mol. The summed E-state index contributed by atoms with van der Waals surface area (Å²) >= 11 is 4.85. The first kappa shape index (κ1) is 14.3. The van der Waals surface area contributed by atoms with Crippen molar-refractivity contribution in [1.82, 2.24) is 9.80 Å². The molecule has 0 saturated carbocycles. The molecule has 1 heterocycles. The number of benzene rings is 1. The second-order valence-electron chi connectivity index (χ2n) is 4.42. The Labute approximate surface area is 122 Å². The normalized spacial score (nSPS) is 14.8. The zero-order chi connectivity index (χ0) is 14.7. The van der Waals surface area contributed by atoms with E-state index in [9.17, 15) is 9.59 Å². The molecule has 1 fully saturated rings. The van der Waals surface area contributed by atoms with Gasteiger partial charge in [-0.1, -0.05) is 12.2 Å². The van der Waals surface area contributed by atoms with Crippen LogP contribution < -0.4 is 10.5 Å². The number of amides is 3. The van der Waals surface area contributed by atoms with Gasteiger partial charge in [0.15, 0.2) is 0 Å². The standard InChI is InChI=1S/C13H15N3O3S/c1-15-8-11(17)16(13(15)18)6-7-19-10-4-2-9(3-5-10)12(14)20/h2-5H,6-8H2,1H3,(H2,14,20). The van der Waals surface area contributed by atoms with Gasteiger partial charge in [0.05, 0.1) is 6.54 Å². The van der Waals surface area contributed by atoms with E-state index in [1.807, 2.05) is 0 Å². The van der Waals surface area contributed by atoms with Gasteiger partial charge < -0.3 is 15.4 Å². The molecule has 1 aliphatic rings. The summed E-state index contributed by atoms with van der Waals surface area (Å²) in [6, 6.07) is 6.72. The first-order chi connectivity index (χ1) is 9.49. The summed E-state index contributed by atoms with van der Waals surface area (Å²) < 4.78 is 5.49. The summed E-state index contributed by atoms with van der Waals surface area (Å²) in [5.41, 5.74) is 6.26. The van der Waals surface area contributed by atoms with Crippen LogP contribution in [-0.2, 0) is 4.79 Å². The minimum Gasteiger partial charge on any atom is -0.492 e. The molecule has 7 heteroatoms. The predicted molar refractivity (Wildman–Crippen MR) is 77.6 cm³/mol. The zero-order valence-electron chi connectivity index (χ0n) is 11.0. The Morgan fingerprint density at radius 3 is 2.50 bits per heavy atom. The van der Waals surface area contributed by atoms with Crippen molar-refractivity contribution >= 4 is 29.1 Å². The van der Waals surface area contributed by atoms with E-state index >= 15 is 0 Å². The van der Waals surface area contributed by atoms with Gasteiger partial charge in [-0.3, -0.25) is 9.69 Å². The maximum absolute atomic E-state index is 11.6. The molecule has 20 heavy (non-hydrogen) atoms. The summed E-state index contributed by atoms with van der Waals surface area (Å²) in [7, 11) is 1.59. The lowest BCUT2D eigenvalue weighted by Gasteiger charge is -2.14. The highest BCUT2D eigenvalue weighted by Crippen LogP contribution is 2.13. The highest BCUT2D eigenvalue weighted by atomic mass is 32.1. The number of thiocarbonyl (C=S) groups is 1. The van der Waals surface area contributed by atoms with Crippen LogP contribution in [0.15, 0.2) is 24.3 Å². The van der Waals surface area contributed by atoms with Crippen molar-refractivity contribution in [3.05, 3.63) is 29.8 Å². The van der Waals surface area contributed by atoms with Gasteiger partial charge >= 0.3 is 6.03 Å². The molecule has 0 aromatic heterocycles. The summed E-state index contributed by atoms with van der Waals surface area (Å²) in [5, 5.41) is 0. The summed E-state index contributed by atoms with van der Waals surface area (Å²) in [5.74, 6) is 0.433. The molecule has 0 aliphatic carbocycles. The lowest BCUT2D eigenvalue weighted by Crippen LogP contribution is -2.35. The number of carbonyl (C=O) groups is 2. The maximum atomic E-state index is 11.6. The molecule has 1 saturated heterocycles. The second kappa shape index (κ2) is 5.87.